The Morgan fingerprint density at radius 3 is 2.71 bits per heavy atom. The Morgan fingerprint density at radius 1 is 1.20 bits per heavy atom. The summed E-state index contributed by atoms with van der Waals surface area (Å²) >= 11 is 1.36. The Bertz CT molecular complexity index is 1220. The summed E-state index contributed by atoms with van der Waals surface area (Å²) in [5.41, 5.74) is 10.5. The number of nitrogens with one attached hydrogen (secondary N) is 1. The van der Waals surface area contributed by atoms with Crippen LogP contribution in [0, 0.1) is 0 Å². The maximum Gasteiger partial charge on any atom is 0.409 e. The molecule has 0 bridgehead atoms. The quantitative estimate of drug-likeness (QED) is 0.561. The van der Waals surface area contributed by atoms with Crippen molar-refractivity contribution in [2.75, 3.05) is 32.0 Å². The van der Waals surface area contributed by atoms with E-state index in [1.165, 1.54) is 22.5 Å². The highest BCUT2D eigenvalue weighted by atomic mass is 32.1. The summed E-state index contributed by atoms with van der Waals surface area (Å²) in [6.07, 6.45) is 1.98. The van der Waals surface area contributed by atoms with Crippen LogP contribution in [0.3, 0.4) is 0 Å². The van der Waals surface area contributed by atoms with Crippen molar-refractivity contribution in [1.29, 1.82) is 0 Å². The summed E-state index contributed by atoms with van der Waals surface area (Å²) in [6, 6.07) is 12.6. The summed E-state index contributed by atoms with van der Waals surface area (Å²) in [5.74, 6) is -0.163. The third-order valence-electron chi connectivity index (χ3n) is 6.76. The SMILES string of the molecule is CCOC(=O)N1CCC(NC(=O)c2sc3nc4c(cc3c2N)CN(Cc2ccccc2)CC4)CC1. The van der Waals surface area contributed by atoms with Gasteiger partial charge in [-0.25, -0.2) is 9.78 Å². The van der Waals surface area contributed by atoms with Crippen LogP contribution in [0.2, 0.25) is 0 Å². The first kappa shape index (κ1) is 23.6. The number of hydrogen-bond acceptors (Lipinski definition) is 7. The molecule has 1 saturated heterocycles. The van der Waals surface area contributed by atoms with Crippen LogP contribution in [0.1, 0.15) is 46.3 Å². The van der Waals surface area contributed by atoms with Crippen LogP contribution >= 0.6 is 11.3 Å². The molecule has 0 saturated carbocycles. The minimum atomic E-state index is -0.289. The minimum Gasteiger partial charge on any atom is -0.450 e. The number of carbonyl (C=O) groups excluding carboxylic acids is 2. The number of carbonyl (C=O) groups is 2. The molecule has 0 spiro atoms. The van der Waals surface area contributed by atoms with Crippen molar-refractivity contribution in [2.45, 2.75) is 45.3 Å². The molecule has 0 unspecified atom stereocenters. The highest BCUT2D eigenvalue weighted by Crippen LogP contribution is 2.35. The maximum absolute atomic E-state index is 13.1. The summed E-state index contributed by atoms with van der Waals surface area (Å²) in [6.45, 7) is 5.98. The van der Waals surface area contributed by atoms with Crippen LogP contribution in [0.4, 0.5) is 10.5 Å². The molecule has 2 aromatic heterocycles. The van der Waals surface area contributed by atoms with E-state index in [0.29, 0.717) is 43.1 Å². The third-order valence-corrected chi connectivity index (χ3v) is 7.87. The van der Waals surface area contributed by atoms with Crippen molar-refractivity contribution in [2.24, 2.45) is 0 Å². The molecule has 8 nitrogen and oxygen atoms in total. The van der Waals surface area contributed by atoms with Gasteiger partial charge in [-0.2, -0.15) is 0 Å². The number of piperidine rings is 1. The van der Waals surface area contributed by atoms with Gasteiger partial charge in [0.1, 0.15) is 9.71 Å². The van der Waals surface area contributed by atoms with Crippen LogP contribution in [-0.4, -0.2) is 59.1 Å². The smallest absolute Gasteiger partial charge is 0.409 e. The second-order valence-electron chi connectivity index (χ2n) is 9.17. The largest absolute Gasteiger partial charge is 0.450 e. The van der Waals surface area contributed by atoms with Crippen molar-refractivity contribution in [3.63, 3.8) is 0 Å². The van der Waals surface area contributed by atoms with Gasteiger partial charge in [-0.15, -0.1) is 11.3 Å². The second kappa shape index (κ2) is 10.2. The van der Waals surface area contributed by atoms with E-state index in [4.69, 9.17) is 15.5 Å². The van der Waals surface area contributed by atoms with Crippen molar-refractivity contribution in [3.05, 3.63) is 58.1 Å². The molecule has 0 atom stereocenters. The van der Waals surface area contributed by atoms with Gasteiger partial charge in [0.05, 0.1) is 12.3 Å². The number of benzene rings is 1. The lowest BCUT2D eigenvalue weighted by Crippen LogP contribution is -2.46. The van der Waals surface area contributed by atoms with Gasteiger partial charge in [-0.3, -0.25) is 9.69 Å². The molecular formula is C26H31N5O3S. The molecule has 35 heavy (non-hydrogen) atoms. The average Bonchev–Trinajstić information content (AvgIpc) is 3.19. The number of likely N-dealkylation sites (tertiary alicyclic amines) is 1. The van der Waals surface area contributed by atoms with Crippen LogP contribution in [0.5, 0.6) is 0 Å². The first-order valence-electron chi connectivity index (χ1n) is 12.2. The Balaban J connectivity index is 1.26. The molecule has 2 aliphatic rings. The number of nitrogens with zero attached hydrogens (tertiary/aromatic N) is 3. The number of rotatable bonds is 5. The summed E-state index contributed by atoms with van der Waals surface area (Å²) in [4.78, 5) is 35.3. The van der Waals surface area contributed by atoms with Crippen LogP contribution in [-0.2, 0) is 24.2 Å². The Morgan fingerprint density at radius 2 is 1.97 bits per heavy atom. The fourth-order valence-corrected chi connectivity index (χ4v) is 5.87. The zero-order valence-corrected chi connectivity index (χ0v) is 20.8. The lowest BCUT2D eigenvalue weighted by molar-refractivity contribution is 0.0863. The molecule has 2 amide bonds. The van der Waals surface area contributed by atoms with Gasteiger partial charge >= 0.3 is 6.09 Å². The summed E-state index contributed by atoms with van der Waals surface area (Å²) < 4.78 is 5.07. The number of nitrogens with two attached hydrogens (primary N) is 1. The van der Waals surface area contributed by atoms with Crippen LogP contribution in [0.15, 0.2) is 36.4 Å². The topological polar surface area (TPSA) is 101 Å². The van der Waals surface area contributed by atoms with Gasteiger partial charge in [0.2, 0.25) is 0 Å². The minimum absolute atomic E-state index is 0.00509. The van der Waals surface area contributed by atoms with Crippen molar-refractivity contribution in [3.8, 4) is 0 Å². The molecular weight excluding hydrogens is 462 g/mol. The molecule has 1 fully saturated rings. The Hall–Kier alpha value is -3.17. The number of fused-ring (bicyclic) bond motifs is 2. The second-order valence-corrected chi connectivity index (χ2v) is 10.2. The predicted octanol–water partition coefficient (Wildman–Crippen LogP) is 3.79. The molecule has 2 aliphatic heterocycles. The molecule has 1 aromatic carbocycles. The number of ether oxygens (including phenoxy) is 1. The molecule has 184 valence electrons. The summed E-state index contributed by atoms with van der Waals surface area (Å²) in [5, 5.41) is 3.97. The molecule has 3 N–H and O–H groups in total. The van der Waals surface area contributed by atoms with E-state index in [-0.39, 0.29) is 18.0 Å². The number of hydrogen-bond donors (Lipinski definition) is 2. The van der Waals surface area contributed by atoms with Crippen LogP contribution < -0.4 is 11.1 Å². The normalized spacial score (nSPS) is 16.8. The lowest BCUT2D eigenvalue weighted by Gasteiger charge is -2.31. The van der Waals surface area contributed by atoms with Crippen LogP contribution in [0.25, 0.3) is 10.2 Å². The average molecular weight is 494 g/mol. The maximum atomic E-state index is 13.1. The zero-order valence-electron chi connectivity index (χ0n) is 20.0. The fraction of sp³-hybridized carbons (Fsp3) is 0.423. The first-order chi connectivity index (χ1) is 17.0. The standard InChI is InChI=1S/C26H31N5O3S/c1-2-34-26(33)31-12-8-19(9-13-31)28-24(32)23-22(27)20-14-18-16-30(15-17-6-4-3-5-7-17)11-10-21(18)29-25(20)35-23/h3-7,14,19H,2,8-13,15-16,27H2,1H3,(H,28,32). The zero-order chi connectivity index (χ0) is 24.4. The molecule has 0 radical (unpaired) electrons. The summed E-state index contributed by atoms with van der Waals surface area (Å²) in [7, 11) is 0. The van der Waals surface area contributed by atoms with Crippen molar-refractivity contribution in [1.82, 2.24) is 20.1 Å². The van der Waals surface area contributed by atoms with E-state index in [0.717, 1.165) is 42.0 Å². The monoisotopic (exact) mass is 493 g/mol. The first-order valence-corrected chi connectivity index (χ1v) is 13.0. The van der Waals surface area contributed by atoms with Gasteiger partial charge in [0, 0.05) is 56.3 Å². The number of amides is 2. The molecule has 3 aromatic rings. The number of thiophene rings is 1. The molecule has 4 heterocycles. The van der Waals surface area contributed by atoms with Crippen molar-refractivity contribution >= 4 is 39.2 Å². The molecule has 0 aliphatic carbocycles. The third kappa shape index (κ3) is 5.11. The molecule has 9 heteroatoms. The highest BCUT2D eigenvalue weighted by Gasteiger charge is 2.27. The van der Waals surface area contributed by atoms with Gasteiger partial charge < -0.3 is 20.7 Å². The van der Waals surface area contributed by atoms with E-state index in [9.17, 15) is 9.59 Å². The van der Waals surface area contributed by atoms with E-state index in [1.54, 1.807) is 11.8 Å². The van der Waals surface area contributed by atoms with Gasteiger partial charge in [0.15, 0.2) is 0 Å². The van der Waals surface area contributed by atoms with E-state index >= 15 is 0 Å². The number of anilines is 1. The number of pyridine rings is 1. The fourth-order valence-electron chi connectivity index (χ4n) is 4.87. The predicted molar refractivity (Wildman–Crippen MR) is 137 cm³/mol. The van der Waals surface area contributed by atoms with Gasteiger partial charge in [-0.1, -0.05) is 30.3 Å². The Kier molecular flexibility index (Phi) is 6.88. The van der Waals surface area contributed by atoms with Gasteiger partial charge in [-0.05, 0) is 37.0 Å². The van der Waals surface area contributed by atoms with E-state index < -0.39 is 0 Å². The molecule has 5 rings (SSSR count). The van der Waals surface area contributed by atoms with Crippen molar-refractivity contribution < 1.29 is 14.3 Å². The van der Waals surface area contributed by atoms with E-state index in [1.807, 2.05) is 6.07 Å². The number of nitrogen functional groups attached to an aromatic ring is 1. The highest BCUT2D eigenvalue weighted by molar-refractivity contribution is 7.21. The number of aromatic nitrogens is 1. The lowest BCUT2D eigenvalue weighted by atomic mass is 10.0. The van der Waals surface area contributed by atoms with E-state index in [2.05, 4.69) is 40.5 Å². The Labute approximate surface area is 209 Å². The van der Waals surface area contributed by atoms with Gasteiger partial charge in [0.25, 0.3) is 5.91 Å².